The fourth-order valence-corrected chi connectivity index (χ4v) is 3.12. The van der Waals surface area contributed by atoms with Gasteiger partial charge in [0.2, 0.25) is 5.91 Å². The van der Waals surface area contributed by atoms with Crippen molar-refractivity contribution in [2.24, 2.45) is 0 Å². The summed E-state index contributed by atoms with van der Waals surface area (Å²) in [6.07, 6.45) is -14.5. The zero-order valence-corrected chi connectivity index (χ0v) is 15.1. The number of hydrogen-bond acceptors (Lipinski definition) is 11. The smallest absolute Gasteiger partial charge is 0.335 e. The number of methoxy groups -OCH3 is 1. The topological polar surface area (TPSA) is 204 Å². The van der Waals surface area contributed by atoms with Crippen LogP contribution in [-0.2, 0) is 28.5 Å². The lowest BCUT2D eigenvalue weighted by atomic mass is 9.95. The van der Waals surface area contributed by atoms with Crippen molar-refractivity contribution in [2.45, 2.75) is 68.3 Å². The zero-order chi connectivity index (χ0) is 21.2. The van der Waals surface area contributed by atoms with Crippen LogP contribution in [0, 0.1) is 0 Å². The molecular weight excluding hydrogens is 386 g/mol. The van der Waals surface area contributed by atoms with Crippen molar-refractivity contribution in [3.05, 3.63) is 0 Å². The average Bonchev–Trinajstić information content (AvgIpc) is 2.64. The van der Waals surface area contributed by atoms with Gasteiger partial charge in [-0.1, -0.05) is 0 Å². The number of ether oxygens (including phenoxy) is 4. The van der Waals surface area contributed by atoms with Gasteiger partial charge in [0.05, 0.1) is 6.61 Å². The van der Waals surface area contributed by atoms with Crippen LogP contribution in [0.15, 0.2) is 0 Å². The number of rotatable bonds is 6. The highest BCUT2D eigenvalue weighted by molar-refractivity contribution is 5.74. The fraction of sp³-hybridized carbons (Fsp3) is 0.867. The molecule has 2 aliphatic heterocycles. The lowest BCUT2D eigenvalue weighted by molar-refractivity contribution is -0.338. The molecule has 10 atom stereocenters. The second kappa shape index (κ2) is 9.39. The monoisotopic (exact) mass is 411 g/mol. The predicted octanol–water partition coefficient (Wildman–Crippen LogP) is -4.51. The van der Waals surface area contributed by atoms with Gasteiger partial charge in [0.25, 0.3) is 0 Å². The van der Waals surface area contributed by atoms with E-state index in [2.05, 4.69) is 5.32 Å². The van der Waals surface area contributed by atoms with E-state index in [1.807, 2.05) is 0 Å². The van der Waals surface area contributed by atoms with E-state index < -0.39 is 79.8 Å². The third kappa shape index (κ3) is 4.59. The molecule has 0 aromatic rings. The van der Waals surface area contributed by atoms with Gasteiger partial charge in [-0.2, -0.15) is 0 Å². The van der Waals surface area contributed by atoms with Gasteiger partial charge < -0.3 is 54.9 Å². The number of nitrogens with one attached hydrogen (secondary N) is 1. The van der Waals surface area contributed by atoms with Crippen LogP contribution in [0.4, 0.5) is 0 Å². The lowest BCUT2D eigenvalue weighted by Gasteiger charge is -2.46. The molecule has 0 aromatic carbocycles. The maximum absolute atomic E-state index is 11.5. The van der Waals surface area contributed by atoms with Gasteiger partial charge >= 0.3 is 5.97 Å². The normalized spacial score (nSPS) is 44.1. The van der Waals surface area contributed by atoms with Crippen molar-refractivity contribution >= 4 is 11.9 Å². The first-order chi connectivity index (χ1) is 13.1. The van der Waals surface area contributed by atoms with Gasteiger partial charge in [-0.25, -0.2) is 4.79 Å². The minimum absolute atomic E-state index is 0.620. The molecule has 0 bridgehead atoms. The summed E-state index contributed by atoms with van der Waals surface area (Å²) in [5.74, 6) is -2.16. The summed E-state index contributed by atoms with van der Waals surface area (Å²) in [6, 6.07) is -1.37. The van der Waals surface area contributed by atoms with Gasteiger partial charge in [0.1, 0.15) is 42.7 Å². The van der Waals surface area contributed by atoms with Crippen LogP contribution in [0.2, 0.25) is 0 Å². The van der Waals surface area contributed by atoms with Gasteiger partial charge in [0, 0.05) is 14.0 Å². The molecule has 2 aliphatic rings. The second-order valence-corrected chi connectivity index (χ2v) is 6.51. The van der Waals surface area contributed by atoms with Crippen LogP contribution in [0.1, 0.15) is 6.92 Å². The van der Waals surface area contributed by atoms with Crippen molar-refractivity contribution < 1.29 is 59.2 Å². The number of carboxylic acid groups (broad SMARTS) is 1. The first-order valence-corrected chi connectivity index (χ1v) is 8.44. The first-order valence-electron chi connectivity index (χ1n) is 8.44. The Morgan fingerprint density at radius 1 is 1.00 bits per heavy atom. The number of carboxylic acids is 1. The molecule has 28 heavy (non-hydrogen) atoms. The fourth-order valence-electron chi connectivity index (χ4n) is 3.12. The molecule has 10 unspecified atom stereocenters. The van der Waals surface area contributed by atoms with Gasteiger partial charge in [-0.15, -0.1) is 0 Å². The number of carbonyl (C=O) groups excluding carboxylic acids is 1. The Hall–Kier alpha value is -1.42. The first kappa shape index (κ1) is 22.9. The molecule has 7 N–H and O–H groups in total. The molecular formula is C15H25NO12. The molecule has 162 valence electrons. The predicted molar refractivity (Wildman–Crippen MR) is 85.6 cm³/mol. The van der Waals surface area contributed by atoms with E-state index in [4.69, 9.17) is 18.9 Å². The van der Waals surface area contributed by atoms with Crippen molar-refractivity contribution in [1.29, 1.82) is 0 Å². The number of aliphatic carboxylic acids is 1. The summed E-state index contributed by atoms with van der Waals surface area (Å²) in [4.78, 5) is 23.0. The number of hydrogen-bond donors (Lipinski definition) is 7. The molecule has 0 radical (unpaired) electrons. The Bertz CT molecular complexity index is 561. The Balaban J connectivity index is 2.28. The van der Waals surface area contributed by atoms with Crippen molar-refractivity contribution in [3.63, 3.8) is 0 Å². The summed E-state index contributed by atoms with van der Waals surface area (Å²) < 4.78 is 20.7. The Morgan fingerprint density at radius 2 is 1.64 bits per heavy atom. The summed E-state index contributed by atoms with van der Waals surface area (Å²) in [5.41, 5.74) is 0. The van der Waals surface area contributed by atoms with Crippen LogP contribution >= 0.6 is 0 Å². The standard InChI is InChI=1S/C15H25NO12/c1-4(18)16-6-8(20)7(19)5(3-17)26-14(6)27-11-9(21)10(22)15(25-2)28-12(11)13(23)24/h5-12,14-15,17,19-22H,3H2,1-2H3,(H,16,18)(H,23,24). The lowest BCUT2D eigenvalue weighted by Crippen LogP contribution is -2.68. The maximum Gasteiger partial charge on any atom is 0.335 e. The summed E-state index contributed by atoms with van der Waals surface area (Å²) in [5, 5.41) is 61.5. The van der Waals surface area contributed by atoms with Crippen molar-refractivity contribution in [2.75, 3.05) is 13.7 Å². The number of carbonyl (C=O) groups is 2. The molecule has 0 spiro atoms. The number of aliphatic hydroxyl groups excluding tert-OH is 5. The van der Waals surface area contributed by atoms with Crippen LogP contribution < -0.4 is 5.32 Å². The van der Waals surface area contributed by atoms with E-state index in [9.17, 15) is 40.2 Å². The Morgan fingerprint density at radius 3 is 2.14 bits per heavy atom. The van der Waals surface area contributed by atoms with Crippen molar-refractivity contribution in [3.8, 4) is 0 Å². The molecule has 0 aromatic heterocycles. The highest BCUT2D eigenvalue weighted by Gasteiger charge is 2.53. The van der Waals surface area contributed by atoms with E-state index >= 15 is 0 Å². The largest absolute Gasteiger partial charge is 0.479 e. The van der Waals surface area contributed by atoms with Crippen LogP contribution in [0.3, 0.4) is 0 Å². The molecule has 2 heterocycles. The number of amides is 1. The highest BCUT2D eigenvalue weighted by Crippen LogP contribution is 2.29. The van der Waals surface area contributed by atoms with E-state index in [-0.39, 0.29) is 0 Å². The minimum Gasteiger partial charge on any atom is -0.479 e. The second-order valence-electron chi connectivity index (χ2n) is 6.51. The molecule has 2 rings (SSSR count). The van der Waals surface area contributed by atoms with E-state index in [0.29, 0.717) is 0 Å². The SMILES string of the molecule is COC1OC(C(=O)O)C(OC2OC(CO)C(O)C(O)C2NC(C)=O)C(O)C1O. The van der Waals surface area contributed by atoms with Gasteiger partial charge in [-0.3, -0.25) is 4.79 Å². The van der Waals surface area contributed by atoms with Gasteiger partial charge in [0.15, 0.2) is 18.7 Å². The van der Waals surface area contributed by atoms with Crippen molar-refractivity contribution in [1.82, 2.24) is 5.32 Å². The highest BCUT2D eigenvalue weighted by atomic mass is 16.7. The van der Waals surface area contributed by atoms with E-state index in [0.717, 1.165) is 14.0 Å². The molecule has 1 amide bonds. The third-order valence-corrected chi connectivity index (χ3v) is 4.56. The third-order valence-electron chi connectivity index (χ3n) is 4.56. The summed E-state index contributed by atoms with van der Waals surface area (Å²) >= 11 is 0. The van der Waals surface area contributed by atoms with E-state index in [1.54, 1.807) is 0 Å². The zero-order valence-electron chi connectivity index (χ0n) is 15.1. The minimum atomic E-state index is -1.79. The Labute approximate surface area is 159 Å². The molecule has 13 heteroatoms. The maximum atomic E-state index is 11.5. The number of aliphatic hydroxyl groups is 5. The van der Waals surface area contributed by atoms with Crippen LogP contribution in [0.25, 0.3) is 0 Å². The average molecular weight is 411 g/mol. The summed E-state index contributed by atoms with van der Waals surface area (Å²) in [6.45, 7) is 0.408. The summed E-state index contributed by atoms with van der Waals surface area (Å²) in [7, 11) is 1.14. The Kier molecular flexibility index (Phi) is 7.66. The molecule has 0 aliphatic carbocycles. The van der Waals surface area contributed by atoms with Crippen LogP contribution in [0.5, 0.6) is 0 Å². The quantitative estimate of drug-likeness (QED) is 0.221. The molecule has 2 saturated heterocycles. The van der Waals surface area contributed by atoms with Gasteiger partial charge in [-0.05, 0) is 0 Å². The molecule has 0 saturated carbocycles. The molecule has 13 nitrogen and oxygen atoms in total. The molecule has 2 fully saturated rings. The van der Waals surface area contributed by atoms with E-state index in [1.165, 1.54) is 0 Å². The van der Waals surface area contributed by atoms with Crippen LogP contribution in [-0.4, -0.2) is 118 Å².